The highest BCUT2D eigenvalue weighted by Crippen LogP contribution is 2.47. The Kier molecular flexibility index (Phi) is 9.13. The van der Waals surface area contributed by atoms with Crippen LogP contribution in [0.2, 0.25) is 0 Å². The molecule has 7 rings (SSSR count). The number of aliphatic hydroxyl groups is 2. The van der Waals surface area contributed by atoms with Crippen LogP contribution in [0.5, 0.6) is 0 Å². The molecule has 0 fully saturated rings. The molecule has 0 bridgehead atoms. The third-order valence-electron chi connectivity index (χ3n) is 9.61. The summed E-state index contributed by atoms with van der Waals surface area (Å²) in [5, 5.41) is 23.7. The molecule has 2 aliphatic rings. The van der Waals surface area contributed by atoms with E-state index < -0.39 is 17.4 Å². The van der Waals surface area contributed by atoms with Crippen molar-refractivity contribution in [3.8, 4) is 0 Å². The summed E-state index contributed by atoms with van der Waals surface area (Å²) in [4.78, 5) is 45.9. The molecule has 9 heteroatoms. The maximum Gasteiger partial charge on any atom is 0.264 e. The molecule has 0 unspecified atom stereocenters. The molecular weight excluding hydrogens is 694 g/mol. The predicted octanol–water partition coefficient (Wildman–Crippen LogP) is 7.23. The van der Waals surface area contributed by atoms with Crippen molar-refractivity contribution in [3.63, 3.8) is 0 Å². The van der Waals surface area contributed by atoms with Gasteiger partial charge in [-0.25, -0.2) is 0 Å². The first kappa shape index (κ1) is 33.4. The van der Waals surface area contributed by atoms with Gasteiger partial charge in [-0.05, 0) is 59.0 Å². The molecule has 2 N–H and O–H groups in total. The van der Waals surface area contributed by atoms with Gasteiger partial charge in [0.15, 0.2) is 5.60 Å². The Morgan fingerprint density at radius 3 is 2.42 bits per heavy atom. The lowest BCUT2D eigenvalue weighted by molar-refractivity contribution is -0.139. The highest BCUT2D eigenvalue weighted by molar-refractivity contribution is 9.10. The summed E-state index contributed by atoms with van der Waals surface area (Å²) < 4.78 is 0.722. The lowest BCUT2D eigenvalue weighted by Gasteiger charge is -2.28. The summed E-state index contributed by atoms with van der Waals surface area (Å²) in [6.45, 7) is 2.35. The number of rotatable bonds is 11. The SMILES string of the molecule is C[C@@H](/C=C/CC(=O)N(CCO)Cc1ccccc1)[C@]1(O)C(=O)N(Cc2cccc(N3C(=O)c4cccc5cccc3c45)c2)c2ccc(Br)cc21. The van der Waals surface area contributed by atoms with E-state index in [1.165, 1.54) is 0 Å². The minimum Gasteiger partial charge on any atom is -0.395 e. The topological polar surface area (TPSA) is 101 Å². The number of carbonyl (C=O) groups excluding carboxylic acids is 3. The van der Waals surface area contributed by atoms with Crippen molar-refractivity contribution in [2.45, 2.75) is 32.0 Å². The number of aliphatic hydroxyl groups excluding tert-OH is 1. The Hall–Kier alpha value is -5.09. The zero-order chi connectivity index (χ0) is 35.0. The fraction of sp³-hybridized carbons (Fsp3) is 0.195. The fourth-order valence-corrected chi connectivity index (χ4v) is 7.44. The highest BCUT2D eigenvalue weighted by atomic mass is 79.9. The van der Waals surface area contributed by atoms with Crippen LogP contribution in [-0.4, -0.2) is 46.0 Å². The van der Waals surface area contributed by atoms with Crippen molar-refractivity contribution in [3.05, 3.63) is 148 Å². The quantitative estimate of drug-likeness (QED) is 0.140. The van der Waals surface area contributed by atoms with Gasteiger partial charge in [-0.15, -0.1) is 0 Å². The molecule has 50 heavy (non-hydrogen) atoms. The summed E-state index contributed by atoms with van der Waals surface area (Å²) in [6, 6.07) is 34.2. The van der Waals surface area contributed by atoms with Gasteiger partial charge in [0.2, 0.25) is 5.91 Å². The molecular formula is C41H36BrN3O5. The van der Waals surface area contributed by atoms with Crippen molar-refractivity contribution in [2.75, 3.05) is 23.0 Å². The Balaban J connectivity index is 1.12. The number of anilines is 3. The van der Waals surface area contributed by atoms with Crippen molar-refractivity contribution < 1.29 is 24.6 Å². The van der Waals surface area contributed by atoms with Crippen LogP contribution in [-0.2, 0) is 28.3 Å². The van der Waals surface area contributed by atoms with E-state index in [0.29, 0.717) is 29.0 Å². The number of benzene rings is 5. The summed E-state index contributed by atoms with van der Waals surface area (Å²) in [6.07, 6.45) is 3.45. The van der Waals surface area contributed by atoms with Gasteiger partial charge < -0.3 is 20.0 Å². The molecule has 8 nitrogen and oxygen atoms in total. The molecule has 0 spiro atoms. The average molecular weight is 731 g/mol. The molecule has 2 heterocycles. The van der Waals surface area contributed by atoms with Crippen molar-refractivity contribution in [1.82, 2.24) is 4.90 Å². The van der Waals surface area contributed by atoms with Crippen LogP contribution in [0, 0.1) is 5.92 Å². The zero-order valence-electron chi connectivity index (χ0n) is 27.5. The normalized spacial score (nSPS) is 17.2. The molecule has 2 aliphatic heterocycles. The number of carbonyl (C=O) groups is 3. The van der Waals surface area contributed by atoms with Gasteiger partial charge in [-0.2, -0.15) is 0 Å². The number of halogens is 1. The first-order valence-electron chi connectivity index (χ1n) is 16.6. The second-order valence-corrected chi connectivity index (χ2v) is 13.7. The van der Waals surface area contributed by atoms with Gasteiger partial charge in [-0.3, -0.25) is 19.3 Å². The molecule has 252 valence electrons. The average Bonchev–Trinajstić information content (AvgIpc) is 3.53. The van der Waals surface area contributed by atoms with E-state index in [1.54, 1.807) is 39.8 Å². The Morgan fingerprint density at radius 1 is 0.900 bits per heavy atom. The van der Waals surface area contributed by atoms with Gasteiger partial charge in [0.1, 0.15) is 0 Å². The molecule has 3 amide bonds. The number of hydrogen-bond donors (Lipinski definition) is 2. The van der Waals surface area contributed by atoms with Gasteiger partial charge in [0.25, 0.3) is 11.8 Å². The number of amides is 3. The van der Waals surface area contributed by atoms with Gasteiger partial charge >= 0.3 is 0 Å². The standard InChI is InChI=1S/C41H36BrN3O5/c1-27(9-5-18-37(47)43(21-22-46)25-28-10-3-2-4-11-28)41(50)34-24-31(42)19-20-35(34)44(40(41)49)26-29-12-6-15-32(23-29)45-36-17-8-14-30-13-7-16-33(38(30)36)39(45)48/h2-17,19-20,23-24,27,46,50H,18,21-22,25-26H2,1H3/b9-5+/t27-,41+/m0/s1. The maximum atomic E-state index is 14.3. The second kappa shape index (κ2) is 13.7. The third kappa shape index (κ3) is 5.91. The molecule has 0 saturated heterocycles. The maximum absolute atomic E-state index is 14.3. The summed E-state index contributed by atoms with van der Waals surface area (Å²) in [7, 11) is 0. The first-order valence-corrected chi connectivity index (χ1v) is 17.4. The Bertz CT molecular complexity index is 2150. The minimum absolute atomic E-state index is 0.0517. The lowest BCUT2D eigenvalue weighted by Crippen LogP contribution is -2.44. The van der Waals surface area contributed by atoms with E-state index in [4.69, 9.17) is 0 Å². The molecule has 2 atom stereocenters. The predicted molar refractivity (Wildman–Crippen MR) is 198 cm³/mol. The smallest absolute Gasteiger partial charge is 0.264 e. The van der Waals surface area contributed by atoms with E-state index in [1.807, 2.05) is 103 Å². The summed E-state index contributed by atoms with van der Waals surface area (Å²) >= 11 is 3.51. The Morgan fingerprint density at radius 2 is 1.64 bits per heavy atom. The largest absolute Gasteiger partial charge is 0.395 e. The van der Waals surface area contributed by atoms with Crippen LogP contribution >= 0.6 is 15.9 Å². The van der Waals surface area contributed by atoms with Crippen LogP contribution in [0.4, 0.5) is 17.1 Å². The summed E-state index contributed by atoms with van der Waals surface area (Å²) in [5.41, 5.74) is 3.10. The lowest BCUT2D eigenvalue weighted by atomic mass is 9.83. The van der Waals surface area contributed by atoms with E-state index in [9.17, 15) is 24.6 Å². The fourth-order valence-electron chi connectivity index (χ4n) is 7.08. The van der Waals surface area contributed by atoms with E-state index >= 15 is 0 Å². The van der Waals surface area contributed by atoms with Crippen molar-refractivity contribution >= 4 is 61.5 Å². The van der Waals surface area contributed by atoms with E-state index in [0.717, 1.165) is 32.1 Å². The van der Waals surface area contributed by atoms with Crippen molar-refractivity contribution in [1.29, 1.82) is 0 Å². The van der Waals surface area contributed by atoms with Crippen molar-refractivity contribution in [2.24, 2.45) is 5.92 Å². The zero-order valence-corrected chi connectivity index (χ0v) is 29.1. The van der Waals surface area contributed by atoms with Crippen LogP contribution in [0.3, 0.4) is 0 Å². The van der Waals surface area contributed by atoms with Crippen LogP contribution in [0.15, 0.2) is 126 Å². The molecule has 0 aliphatic carbocycles. The van der Waals surface area contributed by atoms with Crippen LogP contribution in [0.25, 0.3) is 10.8 Å². The van der Waals surface area contributed by atoms with Crippen LogP contribution < -0.4 is 9.80 Å². The molecule has 5 aromatic rings. The second-order valence-electron chi connectivity index (χ2n) is 12.8. The van der Waals surface area contributed by atoms with Crippen LogP contribution in [0.1, 0.15) is 40.4 Å². The molecule has 0 saturated carbocycles. The first-order chi connectivity index (χ1) is 24.2. The molecule has 0 radical (unpaired) electrons. The summed E-state index contributed by atoms with van der Waals surface area (Å²) in [5.74, 6) is -1.42. The van der Waals surface area contributed by atoms with E-state index in [2.05, 4.69) is 15.9 Å². The Labute approximate surface area is 299 Å². The van der Waals surface area contributed by atoms with Gasteiger partial charge in [0.05, 0.1) is 30.1 Å². The van der Waals surface area contributed by atoms with Gasteiger partial charge in [-0.1, -0.05) is 102 Å². The number of nitrogens with zero attached hydrogens (tertiary/aromatic N) is 3. The monoisotopic (exact) mass is 729 g/mol. The number of fused-ring (bicyclic) bond motifs is 1. The third-order valence-corrected chi connectivity index (χ3v) is 10.1. The minimum atomic E-state index is -1.88. The van der Waals surface area contributed by atoms with E-state index in [-0.39, 0.29) is 37.9 Å². The molecule has 0 aromatic heterocycles. The number of hydrogen-bond acceptors (Lipinski definition) is 5. The highest BCUT2D eigenvalue weighted by Gasteiger charge is 2.52. The molecule has 5 aromatic carbocycles. The van der Waals surface area contributed by atoms with Gasteiger partial charge in [0, 0.05) is 46.5 Å².